The van der Waals surface area contributed by atoms with Crippen LogP contribution in [0, 0.1) is 5.41 Å². The zero-order valence-electron chi connectivity index (χ0n) is 15.7. The van der Waals surface area contributed by atoms with Crippen molar-refractivity contribution in [3.8, 4) is 11.5 Å². The Hall–Kier alpha value is -3.03. The quantitative estimate of drug-likeness (QED) is 0.612. The smallest absolute Gasteiger partial charge is 0.419 e. The predicted molar refractivity (Wildman–Crippen MR) is 102 cm³/mol. The van der Waals surface area contributed by atoms with E-state index in [0.717, 1.165) is 12.3 Å². The molecule has 0 spiro atoms. The number of benzene rings is 1. The molecule has 27 heavy (non-hydrogen) atoms. The van der Waals surface area contributed by atoms with Gasteiger partial charge in [-0.3, -0.25) is 0 Å². The first-order chi connectivity index (χ1) is 12.7. The summed E-state index contributed by atoms with van der Waals surface area (Å²) in [5, 5.41) is 19.0. The van der Waals surface area contributed by atoms with E-state index >= 15 is 0 Å². The van der Waals surface area contributed by atoms with Gasteiger partial charge in [0.2, 0.25) is 0 Å². The number of aromatic hydroxyl groups is 1. The minimum Gasteiger partial charge on any atom is -0.507 e. The number of anilines is 1. The molecule has 0 aliphatic carbocycles. The lowest BCUT2D eigenvalue weighted by Gasteiger charge is -2.10. The number of aromatic nitrogens is 1. The fraction of sp³-hybridized carbons (Fsp3) is 0.263. The van der Waals surface area contributed by atoms with Crippen molar-refractivity contribution in [2.24, 2.45) is 0 Å². The number of nitrogens with zero attached hydrogens (tertiary/aromatic N) is 1. The van der Waals surface area contributed by atoms with Gasteiger partial charge in [0.15, 0.2) is 0 Å². The second-order valence-electron chi connectivity index (χ2n) is 4.75. The summed E-state index contributed by atoms with van der Waals surface area (Å²) in [6.45, 7) is 8.89. The van der Waals surface area contributed by atoms with E-state index in [-0.39, 0.29) is 11.6 Å². The van der Waals surface area contributed by atoms with E-state index in [4.69, 9.17) is 10.1 Å². The molecule has 0 unspecified atom stereocenters. The maximum Gasteiger partial charge on any atom is 0.419 e. The summed E-state index contributed by atoms with van der Waals surface area (Å²) in [6, 6.07) is 7.06. The van der Waals surface area contributed by atoms with Crippen LogP contribution >= 0.6 is 0 Å². The van der Waals surface area contributed by atoms with Crippen LogP contribution in [0.4, 0.5) is 19.0 Å². The molecular weight excluding hydrogens is 359 g/mol. The van der Waals surface area contributed by atoms with E-state index in [1.54, 1.807) is 19.1 Å². The van der Waals surface area contributed by atoms with Crippen LogP contribution in [0.3, 0.4) is 0 Å². The van der Waals surface area contributed by atoms with Crippen molar-refractivity contribution >= 4 is 11.5 Å². The van der Waals surface area contributed by atoms with Gasteiger partial charge < -0.3 is 20.6 Å². The van der Waals surface area contributed by atoms with Gasteiger partial charge in [-0.2, -0.15) is 13.2 Å². The monoisotopic (exact) mass is 383 g/mol. The summed E-state index contributed by atoms with van der Waals surface area (Å²) >= 11 is 0. The molecule has 0 saturated heterocycles. The minimum absolute atomic E-state index is 0.0850. The summed E-state index contributed by atoms with van der Waals surface area (Å²) in [6.07, 6.45) is -1.96. The van der Waals surface area contributed by atoms with E-state index in [1.807, 2.05) is 13.8 Å². The van der Waals surface area contributed by atoms with Crippen molar-refractivity contribution in [3.63, 3.8) is 0 Å². The molecule has 2 aromatic rings. The lowest BCUT2D eigenvalue weighted by molar-refractivity contribution is -0.137. The first-order valence-electron chi connectivity index (χ1n) is 8.03. The molecule has 0 bridgehead atoms. The molecule has 0 atom stereocenters. The number of rotatable bonds is 4. The van der Waals surface area contributed by atoms with Crippen molar-refractivity contribution in [1.82, 2.24) is 4.98 Å². The maximum absolute atomic E-state index is 12.3. The van der Waals surface area contributed by atoms with Gasteiger partial charge in [0.25, 0.3) is 0 Å². The van der Waals surface area contributed by atoms with E-state index in [9.17, 15) is 18.3 Å². The highest BCUT2D eigenvalue weighted by Crippen LogP contribution is 2.33. The van der Waals surface area contributed by atoms with E-state index in [0.29, 0.717) is 17.0 Å². The van der Waals surface area contributed by atoms with Crippen molar-refractivity contribution in [2.75, 3.05) is 12.4 Å². The van der Waals surface area contributed by atoms with Crippen LogP contribution in [0.15, 0.2) is 49.3 Å². The zero-order chi connectivity index (χ0) is 21.0. The minimum atomic E-state index is -4.39. The van der Waals surface area contributed by atoms with Gasteiger partial charge >= 0.3 is 6.18 Å². The van der Waals surface area contributed by atoms with Crippen LogP contribution in [-0.2, 0) is 6.18 Å². The zero-order valence-corrected chi connectivity index (χ0v) is 15.7. The Bertz CT molecular complexity index is 747. The van der Waals surface area contributed by atoms with Crippen LogP contribution in [0.5, 0.6) is 11.5 Å². The molecule has 1 aromatic carbocycles. The SMILES string of the molecule is C=CNc1ncccc1C(F)(F)F.CC.COc1ccc(C(C)=N)c(O)c1. The first kappa shape index (κ1) is 24.0. The molecule has 0 aliphatic heterocycles. The molecule has 1 aromatic heterocycles. The van der Waals surface area contributed by atoms with Crippen LogP contribution in [0.1, 0.15) is 31.9 Å². The Balaban J connectivity index is 0.000000460. The largest absolute Gasteiger partial charge is 0.507 e. The van der Waals surface area contributed by atoms with Gasteiger partial charge in [-0.15, -0.1) is 0 Å². The first-order valence-corrected chi connectivity index (χ1v) is 8.03. The Morgan fingerprint density at radius 2 is 1.93 bits per heavy atom. The number of methoxy groups -OCH3 is 1. The Morgan fingerprint density at radius 1 is 1.30 bits per heavy atom. The number of nitrogens with one attached hydrogen (secondary N) is 2. The number of halogens is 3. The van der Waals surface area contributed by atoms with Crippen LogP contribution in [0.2, 0.25) is 0 Å². The van der Waals surface area contributed by atoms with Crippen LogP contribution in [0.25, 0.3) is 0 Å². The van der Waals surface area contributed by atoms with E-state index < -0.39 is 11.7 Å². The molecule has 0 radical (unpaired) electrons. The molecule has 5 nitrogen and oxygen atoms in total. The second kappa shape index (κ2) is 11.6. The van der Waals surface area contributed by atoms with Crippen molar-refractivity contribution in [3.05, 3.63) is 60.4 Å². The third kappa shape index (κ3) is 7.81. The Morgan fingerprint density at radius 3 is 2.37 bits per heavy atom. The molecule has 148 valence electrons. The lowest BCUT2D eigenvalue weighted by atomic mass is 10.1. The van der Waals surface area contributed by atoms with Crippen molar-refractivity contribution < 1.29 is 23.0 Å². The number of phenols is 1. The number of hydrogen-bond acceptors (Lipinski definition) is 5. The molecule has 3 N–H and O–H groups in total. The lowest BCUT2D eigenvalue weighted by Crippen LogP contribution is -2.09. The van der Waals surface area contributed by atoms with Crippen LogP contribution < -0.4 is 10.1 Å². The van der Waals surface area contributed by atoms with Crippen LogP contribution in [-0.4, -0.2) is 22.9 Å². The fourth-order valence-corrected chi connectivity index (χ4v) is 1.80. The maximum atomic E-state index is 12.3. The number of alkyl halides is 3. The summed E-state index contributed by atoms with van der Waals surface area (Å²) in [5.41, 5.74) is 0.0841. The Kier molecular flexibility index (Phi) is 10.3. The van der Waals surface area contributed by atoms with Crippen molar-refractivity contribution in [1.29, 1.82) is 5.41 Å². The highest BCUT2D eigenvalue weighted by atomic mass is 19.4. The average molecular weight is 383 g/mol. The topological polar surface area (TPSA) is 78.2 Å². The molecule has 0 aliphatic rings. The van der Waals surface area contributed by atoms with E-state index in [2.05, 4.69) is 16.9 Å². The molecule has 0 amide bonds. The molecule has 2 rings (SSSR count). The van der Waals surface area contributed by atoms with E-state index in [1.165, 1.54) is 25.4 Å². The molecule has 0 fully saturated rings. The molecule has 0 saturated carbocycles. The third-order valence-corrected chi connectivity index (χ3v) is 2.96. The highest BCUT2D eigenvalue weighted by Gasteiger charge is 2.33. The number of phenolic OH excluding ortho intramolecular Hbond substituents is 1. The van der Waals surface area contributed by atoms with Gasteiger partial charge in [0, 0.05) is 23.5 Å². The number of pyridine rings is 1. The van der Waals surface area contributed by atoms with Gasteiger partial charge in [0.1, 0.15) is 17.3 Å². The second-order valence-corrected chi connectivity index (χ2v) is 4.75. The predicted octanol–water partition coefficient (Wildman–Crippen LogP) is 5.47. The third-order valence-electron chi connectivity index (χ3n) is 2.96. The van der Waals surface area contributed by atoms with Gasteiger partial charge in [0.05, 0.1) is 12.7 Å². The molecule has 1 heterocycles. The molecule has 8 heteroatoms. The summed E-state index contributed by atoms with van der Waals surface area (Å²) in [5.74, 6) is 0.448. The molecular formula is C19H24F3N3O2. The number of ether oxygens (including phenoxy) is 1. The standard InChI is InChI=1S/C9H11NO2.C8H7F3N2.C2H6/c1-6(10)8-4-3-7(12-2)5-9(8)11;1-2-12-7-6(8(9,10)11)4-3-5-13-7;1-2/h3-5,10-11H,1-2H3;2-5H,1H2,(H,12,13);1-2H3. The normalized spacial score (nSPS) is 9.74. The van der Waals surface area contributed by atoms with Gasteiger partial charge in [-0.25, -0.2) is 4.98 Å². The summed E-state index contributed by atoms with van der Waals surface area (Å²) in [7, 11) is 1.53. The number of hydrogen-bond donors (Lipinski definition) is 3. The van der Waals surface area contributed by atoms with Gasteiger partial charge in [-0.1, -0.05) is 20.4 Å². The summed E-state index contributed by atoms with van der Waals surface area (Å²) < 4.78 is 41.7. The Labute approximate surface area is 157 Å². The average Bonchev–Trinajstić information content (AvgIpc) is 2.63. The fourth-order valence-electron chi connectivity index (χ4n) is 1.80. The van der Waals surface area contributed by atoms with Crippen molar-refractivity contribution in [2.45, 2.75) is 26.9 Å². The highest BCUT2D eigenvalue weighted by molar-refractivity contribution is 5.98. The van der Waals surface area contributed by atoms with Gasteiger partial charge in [-0.05, 0) is 37.4 Å². The summed E-state index contributed by atoms with van der Waals surface area (Å²) in [4.78, 5) is 3.53.